The fourth-order valence-corrected chi connectivity index (χ4v) is 3.14. The number of hydrogen-bond acceptors (Lipinski definition) is 7. The van der Waals surface area contributed by atoms with Crippen molar-refractivity contribution in [3.63, 3.8) is 0 Å². The summed E-state index contributed by atoms with van der Waals surface area (Å²) in [4.78, 5) is 28.1. The summed E-state index contributed by atoms with van der Waals surface area (Å²) in [5.74, 6) is 0.627. The van der Waals surface area contributed by atoms with E-state index in [-0.39, 0.29) is 23.2 Å². The molecule has 0 aliphatic carbocycles. The van der Waals surface area contributed by atoms with Gasteiger partial charge in [-0.3, -0.25) is 19.5 Å². The second-order valence-corrected chi connectivity index (χ2v) is 6.24. The van der Waals surface area contributed by atoms with Crippen molar-refractivity contribution in [3.8, 4) is 10.6 Å². The van der Waals surface area contributed by atoms with Crippen LogP contribution in [0.4, 0.5) is 5.69 Å². The molecule has 0 saturated heterocycles. The minimum atomic E-state index is -0.541. The summed E-state index contributed by atoms with van der Waals surface area (Å²) < 4.78 is 6.64. The van der Waals surface area contributed by atoms with Gasteiger partial charge in [-0.25, -0.2) is 4.98 Å². The fourth-order valence-electron chi connectivity index (χ4n) is 2.47. The van der Waals surface area contributed by atoms with Gasteiger partial charge in [0.05, 0.1) is 33.6 Å². The third-order valence-corrected chi connectivity index (χ3v) is 4.56. The van der Waals surface area contributed by atoms with Gasteiger partial charge in [0.1, 0.15) is 5.69 Å². The van der Waals surface area contributed by atoms with Gasteiger partial charge in [0, 0.05) is 18.2 Å². The lowest BCUT2D eigenvalue weighted by molar-refractivity contribution is -0.384. The van der Waals surface area contributed by atoms with Crippen LogP contribution in [0.1, 0.15) is 5.69 Å². The highest BCUT2D eigenvalue weighted by atomic mass is 32.1. The van der Waals surface area contributed by atoms with Crippen molar-refractivity contribution < 1.29 is 9.45 Å². The number of hydrogen-bond donors (Lipinski definition) is 0. The maximum atomic E-state index is 12.6. The number of nitro benzene ring substituents is 1. The van der Waals surface area contributed by atoms with E-state index in [1.165, 1.54) is 40.4 Å². The van der Waals surface area contributed by atoms with Gasteiger partial charge in [0.25, 0.3) is 11.2 Å². The lowest BCUT2D eigenvalue weighted by atomic mass is 10.2. The van der Waals surface area contributed by atoms with Gasteiger partial charge >= 0.3 is 0 Å². The van der Waals surface area contributed by atoms with E-state index in [0.717, 1.165) is 4.88 Å². The standard InChI is InChI=1S/C16H10N4O4S/c21-16-12-7-11(20(22)23)3-4-13(12)17-9-19(16)8-10-6-14(24-18-10)15-2-1-5-25-15/h1-7,9H,8H2. The third kappa shape index (κ3) is 2.81. The topological polar surface area (TPSA) is 104 Å². The maximum Gasteiger partial charge on any atom is 0.270 e. The van der Waals surface area contributed by atoms with Crippen LogP contribution in [0.3, 0.4) is 0 Å². The number of fused-ring (bicyclic) bond motifs is 1. The number of aromatic nitrogens is 3. The minimum absolute atomic E-state index is 0.148. The van der Waals surface area contributed by atoms with Gasteiger partial charge in [0.2, 0.25) is 0 Å². The molecule has 0 amide bonds. The Morgan fingerprint density at radius 3 is 2.92 bits per heavy atom. The zero-order valence-corrected chi connectivity index (χ0v) is 13.5. The summed E-state index contributed by atoms with van der Waals surface area (Å²) >= 11 is 1.53. The van der Waals surface area contributed by atoms with E-state index in [0.29, 0.717) is 17.0 Å². The summed E-state index contributed by atoms with van der Waals surface area (Å²) in [5, 5.41) is 17.0. The van der Waals surface area contributed by atoms with E-state index < -0.39 is 4.92 Å². The van der Waals surface area contributed by atoms with E-state index >= 15 is 0 Å². The molecule has 3 aromatic heterocycles. The maximum absolute atomic E-state index is 12.6. The van der Waals surface area contributed by atoms with E-state index in [1.807, 2.05) is 17.5 Å². The molecule has 124 valence electrons. The summed E-state index contributed by atoms with van der Waals surface area (Å²) in [7, 11) is 0. The first-order valence-electron chi connectivity index (χ1n) is 7.25. The van der Waals surface area contributed by atoms with E-state index in [2.05, 4.69) is 10.1 Å². The Bertz CT molecular complexity index is 1130. The minimum Gasteiger partial charge on any atom is -0.355 e. The van der Waals surface area contributed by atoms with Crippen LogP contribution in [-0.4, -0.2) is 19.6 Å². The van der Waals surface area contributed by atoms with Crippen molar-refractivity contribution in [2.75, 3.05) is 0 Å². The number of nitrogens with zero attached hydrogens (tertiary/aromatic N) is 4. The van der Waals surface area contributed by atoms with Crippen molar-refractivity contribution in [2.24, 2.45) is 0 Å². The molecule has 0 saturated carbocycles. The Hall–Kier alpha value is -3.33. The summed E-state index contributed by atoms with van der Waals surface area (Å²) in [5.41, 5.74) is 0.461. The molecule has 0 aliphatic heterocycles. The SMILES string of the molecule is O=c1c2cc([N+](=O)[O-])ccc2ncn1Cc1cc(-c2cccs2)on1. The van der Waals surface area contributed by atoms with Gasteiger partial charge in [0.15, 0.2) is 5.76 Å². The lowest BCUT2D eigenvalue weighted by Crippen LogP contribution is -2.21. The predicted octanol–water partition coefficient (Wildman–Crippen LogP) is 3.07. The van der Waals surface area contributed by atoms with Crippen LogP contribution in [0.25, 0.3) is 21.5 Å². The molecule has 8 nitrogen and oxygen atoms in total. The van der Waals surface area contributed by atoms with Gasteiger partial charge in [-0.05, 0) is 17.5 Å². The number of non-ortho nitro benzene ring substituents is 1. The average Bonchev–Trinajstić information content (AvgIpc) is 3.28. The van der Waals surface area contributed by atoms with Crippen molar-refractivity contribution in [2.45, 2.75) is 6.54 Å². The summed E-state index contributed by atoms with van der Waals surface area (Å²) in [6.07, 6.45) is 1.40. The van der Waals surface area contributed by atoms with Crippen LogP contribution >= 0.6 is 11.3 Å². The first kappa shape index (κ1) is 15.2. The average molecular weight is 354 g/mol. The normalized spacial score (nSPS) is 11.0. The largest absolute Gasteiger partial charge is 0.355 e. The first-order chi connectivity index (χ1) is 12.1. The highest BCUT2D eigenvalue weighted by molar-refractivity contribution is 7.13. The van der Waals surface area contributed by atoms with E-state index in [9.17, 15) is 14.9 Å². The summed E-state index contributed by atoms with van der Waals surface area (Å²) in [6.45, 7) is 0.166. The Morgan fingerprint density at radius 2 is 2.16 bits per heavy atom. The van der Waals surface area contributed by atoms with Crippen molar-refractivity contribution in [1.82, 2.24) is 14.7 Å². The number of nitro groups is 1. The molecular formula is C16H10N4O4S. The molecule has 0 atom stereocenters. The molecule has 1 aromatic carbocycles. The Kier molecular flexibility index (Phi) is 3.62. The van der Waals surface area contributed by atoms with Crippen LogP contribution in [0.5, 0.6) is 0 Å². The van der Waals surface area contributed by atoms with Crippen molar-refractivity contribution in [3.05, 3.63) is 74.3 Å². The molecule has 25 heavy (non-hydrogen) atoms. The van der Waals surface area contributed by atoms with E-state index in [1.54, 1.807) is 6.07 Å². The van der Waals surface area contributed by atoms with Gasteiger partial charge < -0.3 is 4.52 Å². The van der Waals surface area contributed by atoms with Crippen molar-refractivity contribution >= 4 is 27.9 Å². The van der Waals surface area contributed by atoms with E-state index in [4.69, 9.17) is 4.52 Å². The van der Waals surface area contributed by atoms with Gasteiger partial charge in [-0.1, -0.05) is 11.2 Å². The molecule has 0 aliphatic rings. The Balaban J connectivity index is 1.71. The molecular weight excluding hydrogens is 344 g/mol. The van der Waals surface area contributed by atoms with Gasteiger partial charge in [-0.15, -0.1) is 11.3 Å². The number of benzene rings is 1. The number of thiophene rings is 1. The van der Waals surface area contributed by atoms with Crippen LogP contribution in [0, 0.1) is 10.1 Å². The Morgan fingerprint density at radius 1 is 1.28 bits per heavy atom. The highest BCUT2D eigenvalue weighted by Crippen LogP contribution is 2.25. The third-order valence-electron chi connectivity index (χ3n) is 3.67. The van der Waals surface area contributed by atoms with Gasteiger partial charge in [-0.2, -0.15) is 0 Å². The zero-order valence-electron chi connectivity index (χ0n) is 12.7. The molecule has 0 bridgehead atoms. The number of rotatable bonds is 4. The molecule has 0 radical (unpaired) electrons. The highest BCUT2D eigenvalue weighted by Gasteiger charge is 2.13. The smallest absolute Gasteiger partial charge is 0.270 e. The monoisotopic (exact) mass is 354 g/mol. The van der Waals surface area contributed by atoms with Crippen LogP contribution in [0.2, 0.25) is 0 Å². The molecule has 3 heterocycles. The lowest BCUT2D eigenvalue weighted by Gasteiger charge is -2.04. The van der Waals surface area contributed by atoms with Crippen LogP contribution in [0.15, 0.2) is 57.4 Å². The first-order valence-corrected chi connectivity index (χ1v) is 8.13. The van der Waals surface area contributed by atoms with Crippen LogP contribution < -0.4 is 5.56 Å². The van der Waals surface area contributed by atoms with Crippen molar-refractivity contribution in [1.29, 1.82) is 0 Å². The quantitative estimate of drug-likeness (QED) is 0.412. The molecule has 0 unspecified atom stereocenters. The summed E-state index contributed by atoms with van der Waals surface area (Å²) in [6, 6.07) is 9.61. The fraction of sp³-hybridized carbons (Fsp3) is 0.0625. The molecule has 0 N–H and O–H groups in total. The zero-order chi connectivity index (χ0) is 17.4. The molecule has 0 fully saturated rings. The molecule has 9 heteroatoms. The molecule has 4 rings (SSSR count). The molecule has 4 aromatic rings. The second kappa shape index (κ2) is 5.95. The molecule has 0 spiro atoms. The second-order valence-electron chi connectivity index (χ2n) is 5.30. The predicted molar refractivity (Wildman–Crippen MR) is 91.6 cm³/mol. The Labute approximate surface area is 144 Å². The van der Waals surface area contributed by atoms with Crippen LogP contribution in [-0.2, 0) is 6.54 Å².